The van der Waals surface area contributed by atoms with Gasteiger partial charge in [-0.05, 0) is 96.0 Å². The summed E-state index contributed by atoms with van der Waals surface area (Å²) in [6, 6.07) is 14.9. The van der Waals surface area contributed by atoms with Gasteiger partial charge in [0.2, 0.25) is 23.1 Å². The van der Waals surface area contributed by atoms with Gasteiger partial charge < -0.3 is 40.2 Å². The van der Waals surface area contributed by atoms with Gasteiger partial charge in [0.1, 0.15) is 23.8 Å². The molecule has 0 saturated carbocycles. The lowest BCUT2D eigenvalue weighted by molar-refractivity contribution is 0.0278. The van der Waals surface area contributed by atoms with Crippen LogP contribution in [0.2, 0.25) is 0 Å². The zero-order valence-corrected chi connectivity index (χ0v) is 36.8. The summed E-state index contributed by atoms with van der Waals surface area (Å²) in [5.41, 5.74) is 23.6. The number of carbonyl (C=O) groups excluding carboxylic acids is 5. The number of aryl methyl sites for hydroxylation is 9. The van der Waals surface area contributed by atoms with E-state index in [-0.39, 0.29) is 60.7 Å². The fraction of sp³-hybridized carbons (Fsp3) is 0.349. The Hall–Kier alpha value is -7.68. The van der Waals surface area contributed by atoms with E-state index >= 15 is 0 Å². The van der Waals surface area contributed by atoms with Gasteiger partial charge in [-0.1, -0.05) is 0 Å². The fourth-order valence-corrected chi connectivity index (χ4v) is 7.89. The van der Waals surface area contributed by atoms with Gasteiger partial charge in [0.15, 0.2) is 0 Å². The van der Waals surface area contributed by atoms with Gasteiger partial charge in [-0.2, -0.15) is 30.0 Å². The zero-order chi connectivity index (χ0) is 46.1. The van der Waals surface area contributed by atoms with Crippen molar-refractivity contribution in [1.82, 2.24) is 47.6 Å². The Morgan fingerprint density at radius 1 is 0.641 bits per heavy atom. The molecule has 64 heavy (non-hydrogen) atoms. The third-order valence-electron chi connectivity index (χ3n) is 11.0. The number of nitrogens with zero attached hydrogens (tertiary/aromatic N) is 12. The normalized spacial score (nSPS) is 12.8. The highest BCUT2D eigenvalue weighted by Gasteiger charge is 2.22. The van der Waals surface area contributed by atoms with Crippen LogP contribution in [0.4, 0.5) is 5.82 Å². The zero-order valence-electron chi connectivity index (χ0n) is 36.8. The number of rotatable bonds is 15. The van der Waals surface area contributed by atoms with E-state index in [2.05, 4.69) is 25.3 Å². The van der Waals surface area contributed by atoms with Crippen molar-refractivity contribution >= 4 is 57.4 Å². The van der Waals surface area contributed by atoms with Crippen LogP contribution in [-0.4, -0.2) is 89.9 Å². The molecule has 0 fully saturated rings. The smallest absolute Gasteiger partial charge is 0.298 e. The third kappa shape index (κ3) is 8.69. The van der Waals surface area contributed by atoms with Gasteiger partial charge >= 0.3 is 0 Å². The van der Waals surface area contributed by atoms with Gasteiger partial charge in [-0.15, -0.1) is 0 Å². The Bertz CT molecular complexity index is 2970. The lowest BCUT2D eigenvalue weighted by Gasteiger charge is -2.19. The molecular weight excluding hydrogens is 823 g/mol. The highest BCUT2D eigenvalue weighted by Crippen LogP contribution is 2.20. The van der Waals surface area contributed by atoms with E-state index in [1.54, 1.807) is 108 Å². The van der Waals surface area contributed by atoms with Crippen molar-refractivity contribution < 1.29 is 28.7 Å². The molecule has 0 radical (unpaired) electrons. The molecule has 0 atom stereocenters. The molecule has 0 saturated heterocycles. The van der Waals surface area contributed by atoms with Crippen LogP contribution in [0, 0.1) is 20.8 Å². The van der Waals surface area contributed by atoms with E-state index in [1.807, 2.05) is 23.0 Å². The van der Waals surface area contributed by atoms with E-state index in [0.29, 0.717) is 63.6 Å². The van der Waals surface area contributed by atoms with Gasteiger partial charge in [-0.25, -0.2) is 0 Å². The minimum absolute atomic E-state index is 0.164. The second-order valence-corrected chi connectivity index (χ2v) is 15.5. The number of carbonyl (C=O) groups is 5. The summed E-state index contributed by atoms with van der Waals surface area (Å²) in [5, 5.41) is 13.1. The summed E-state index contributed by atoms with van der Waals surface area (Å²) in [7, 11) is 3.48. The molecular formula is C43H51N15O6. The van der Waals surface area contributed by atoms with Crippen LogP contribution < -0.4 is 28.4 Å². The maximum atomic E-state index is 13.8. The Morgan fingerprint density at radius 2 is 1.08 bits per heavy atom. The molecule has 21 heteroatoms. The second-order valence-electron chi connectivity index (χ2n) is 15.5. The van der Waals surface area contributed by atoms with E-state index in [1.165, 1.54) is 0 Å². The predicted octanol–water partition coefficient (Wildman–Crippen LogP) is 2.30. The molecule has 7 aromatic rings. The van der Waals surface area contributed by atoms with Gasteiger partial charge in [0, 0.05) is 57.5 Å². The number of nitrogens with two attached hydrogens (primary N) is 3. The van der Waals surface area contributed by atoms with E-state index in [4.69, 9.17) is 21.9 Å². The molecule has 0 aliphatic carbocycles. The predicted molar refractivity (Wildman–Crippen MR) is 235 cm³/mol. The Balaban J connectivity index is 1.30. The largest absolute Gasteiger partial charge is 0.383 e. The number of fused-ring (bicyclic) bond motifs is 2. The molecule has 7 rings (SSSR count). The minimum Gasteiger partial charge on any atom is -0.383 e. The van der Waals surface area contributed by atoms with Crippen molar-refractivity contribution in [2.75, 3.05) is 12.3 Å². The van der Waals surface area contributed by atoms with E-state index in [0.717, 1.165) is 4.68 Å². The number of aromatic nitrogens is 10. The first kappa shape index (κ1) is 44.4. The van der Waals surface area contributed by atoms with Gasteiger partial charge in [-0.3, -0.25) is 33.3 Å². The molecule has 5 aromatic heterocycles. The molecule has 334 valence electrons. The summed E-state index contributed by atoms with van der Waals surface area (Å²) < 4.78 is 17.8. The molecule has 0 aliphatic heterocycles. The highest BCUT2D eigenvalue weighted by molar-refractivity contribution is 5.98. The maximum Gasteiger partial charge on any atom is 0.298 e. The molecule has 4 amide bonds. The molecule has 0 aliphatic rings. The number of benzene rings is 2. The van der Waals surface area contributed by atoms with Crippen LogP contribution in [0.5, 0.6) is 0 Å². The van der Waals surface area contributed by atoms with Crippen molar-refractivity contribution in [3.05, 3.63) is 105 Å². The van der Waals surface area contributed by atoms with Crippen molar-refractivity contribution in [2.45, 2.75) is 79.7 Å². The SMILES string of the molecule is CCn1nc(C)cc1C(=O)N=c1n(C)c2cc(C(N)=O)ccc2n1CCC(CCn1c(=NC(=O)c2cc(C)nn2CC)n(C)c2cc(C(N)=O)ccc21)OCC(=O)n1nc(C)cc1N. The Labute approximate surface area is 366 Å². The van der Waals surface area contributed by atoms with Crippen LogP contribution in [0.25, 0.3) is 22.1 Å². The van der Waals surface area contributed by atoms with Crippen LogP contribution >= 0.6 is 0 Å². The number of anilines is 1. The number of hydrogen-bond acceptors (Lipinski definition) is 10. The first-order chi connectivity index (χ1) is 30.5. The molecule has 2 aromatic carbocycles. The molecule has 21 nitrogen and oxygen atoms in total. The highest BCUT2D eigenvalue weighted by atomic mass is 16.5. The molecule has 0 spiro atoms. The Kier molecular flexibility index (Phi) is 12.5. The fourth-order valence-electron chi connectivity index (χ4n) is 7.89. The van der Waals surface area contributed by atoms with Crippen molar-refractivity contribution in [3.8, 4) is 0 Å². The standard InChI is InChI=1S/C43H51N15O6/c1-8-56-34(18-24(3)49-56)40(62)47-42-52(6)32-21-27(38(45)60)10-12-30(32)54(42)16-14-29(64-23-37(59)58-36(44)20-26(5)51-58)15-17-55-31-13-11-28(39(46)61)22-33(31)53(7)43(55)48-41(63)35-19-25(4)50-57(35)9-2/h10-13,18-22,29H,8-9,14-17,23,44H2,1-7H3,(H2,45,60)(H2,46,61). The van der Waals surface area contributed by atoms with E-state index < -0.39 is 35.6 Å². The quantitative estimate of drug-likeness (QED) is 0.135. The minimum atomic E-state index is -0.650. The molecule has 6 N–H and O–H groups in total. The summed E-state index contributed by atoms with van der Waals surface area (Å²) in [4.78, 5) is 74.8. The average Bonchev–Trinajstić information content (AvgIpc) is 4.06. The first-order valence-corrected chi connectivity index (χ1v) is 20.7. The second kappa shape index (κ2) is 18.0. The van der Waals surface area contributed by atoms with Crippen molar-refractivity contribution in [1.29, 1.82) is 0 Å². The molecule has 5 heterocycles. The first-order valence-electron chi connectivity index (χ1n) is 20.7. The van der Waals surface area contributed by atoms with E-state index in [9.17, 15) is 24.0 Å². The number of ether oxygens (including phenoxy) is 1. The summed E-state index contributed by atoms with van der Waals surface area (Å²) >= 11 is 0. The molecule has 0 bridgehead atoms. The topological polar surface area (TPSA) is 271 Å². The number of primary amides is 2. The van der Waals surface area contributed by atoms with Crippen LogP contribution in [0.15, 0.2) is 64.6 Å². The number of nitrogen functional groups attached to an aromatic ring is 1. The summed E-state index contributed by atoms with van der Waals surface area (Å²) in [6.07, 6.45) is -0.0899. The lowest BCUT2D eigenvalue weighted by Crippen LogP contribution is -2.31. The third-order valence-corrected chi connectivity index (χ3v) is 11.0. The van der Waals surface area contributed by atoms with Crippen molar-refractivity contribution in [2.24, 2.45) is 35.5 Å². The lowest BCUT2D eigenvalue weighted by atomic mass is 10.1. The van der Waals surface area contributed by atoms with Crippen LogP contribution in [-0.2, 0) is 45.0 Å². The van der Waals surface area contributed by atoms with Gasteiger partial charge in [0.25, 0.3) is 17.7 Å². The molecule has 0 unspecified atom stereocenters. The summed E-state index contributed by atoms with van der Waals surface area (Å²) in [5.74, 6) is -2.59. The number of hydrogen-bond donors (Lipinski definition) is 3. The van der Waals surface area contributed by atoms with Crippen molar-refractivity contribution in [3.63, 3.8) is 0 Å². The number of amides is 4. The summed E-state index contributed by atoms with van der Waals surface area (Å²) in [6.45, 7) is 10.1. The number of imidazole rings is 2. The van der Waals surface area contributed by atoms with Crippen LogP contribution in [0.3, 0.4) is 0 Å². The monoisotopic (exact) mass is 873 g/mol. The average molecular weight is 874 g/mol. The van der Waals surface area contributed by atoms with Crippen LogP contribution in [0.1, 0.15) is 90.3 Å². The van der Waals surface area contributed by atoms with Gasteiger partial charge in [0.05, 0.1) is 45.3 Å². The Morgan fingerprint density at radius 3 is 1.47 bits per heavy atom. The maximum absolute atomic E-state index is 13.8.